The molecule has 5 rings (SSSR count). The molecule has 2 aliphatic heterocycles. The number of carbonyl (C=O) groups excluding carboxylic acids is 1. The molecule has 2 aromatic rings. The molecule has 0 radical (unpaired) electrons. The molecule has 1 saturated heterocycles. The van der Waals surface area contributed by atoms with Crippen LogP contribution in [0.15, 0.2) is 23.4 Å². The maximum absolute atomic E-state index is 13.1. The number of amides is 1. The average molecular weight is 423 g/mol. The summed E-state index contributed by atoms with van der Waals surface area (Å²) in [5.41, 5.74) is 0.358. The van der Waals surface area contributed by atoms with E-state index in [9.17, 15) is 13.6 Å². The van der Waals surface area contributed by atoms with Crippen LogP contribution in [0, 0.1) is 0 Å². The Labute approximate surface area is 169 Å². The number of nitrogens with one attached hydrogen (secondary N) is 1. The number of ether oxygens (including phenoxy) is 2. The molecule has 29 heavy (non-hydrogen) atoms. The summed E-state index contributed by atoms with van der Waals surface area (Å²) in [6.07, 6.45) is 0.829. The zero-order valence-electron chi connectivity index (χ0n) is 15.4. The van der Waals surface area contributed by atoms with Gasteiger partial charge in [-0.25, -0.2) is 0 Å². The second-order valence-corrected chi connectivity index (χ2v) is 8.19. The van der Waals surface area contributed by atoms with E-state index >= 15 is 0 Å². The molecule has 1 aliphatic carbocycles. The second-order valence-electron chi connectivity index (χ2n) is 7.24. The fraction of sp³-hybridized carbons (Fsp3) is 0.500. The summed E-state index contributed by atoms with van der Waals surface area (Å²) >= 11 is 1.32. The minimum absolute atomic E-state index is 0.0608. The van der Waals surface area contributed by atoms with Gasteiger partial charge in [0.15, 0.2) is 16.7 Å². The number of fused-ring (bicyclic) bond motifs is 1. The average Bonchev–Trinajstić information content (AvgIpc) is 3.09. The SMILES string of the molecule is O=C(CSc1nnc(N2CCCC2)n1C1CC1)Nc1ccc2c(c1)OC(F)(F)O2. The molecular formula is C18H19F2N5O3S. The maximum atomic E-state index is 13.1. The first-order valence-corrected chi connectivity index (χ1v) is 10.5. The van der Waals surface area contributed by atoms with Gasteiger partial charge in [-0.3, -0.25) is 9.36 Å². The van der Waals surface area contributed by atoms with Gasteiger partial charge in [0.25, 0.3) is 0 Å². The molecule has 1 amide bonds. The highest BCUT2D eigenvalue weighted by molar-refractivity contribution is 7.99. The van der Waals surface area contributed by atoms with Gasteiger partial charge >= 0.3 is 6.29 Å². The lowest BCUT2D eigenvalue weighted by molar-refractivity contribution is -0.286. The summed E-state index contributed by atoms with van der Waals surface area (Å²) in [6.45, 7) is 1.97. The molecule has 11 heteroatoms. The van der Waals surface area contributed by atoms with Crippen molar-refractivity contribution in [2.75, 3.05) is 29.1 Å². The van der Waals surface area contributed by atoms with Crippen molar-refractivity contribution in [3.05, 3.63) is 18.2 Å². The van der Waals surface area contributed by atoms with Crippen LogP contribution < -0.4 is 19.7 Å². The first-order chi connectivity index (χ1) is 14.0. The van der Waals surface area contributed by atoms with Gasteiger partial charge in [-0.1, -0.05) is 11.8 Å². The highest BCUT2D eigenvalue weighted by atomic mass is 32.2. The van der Waals surface area contributed by atoms with Crippen LogP contribution in [0.1, 0.15) is 31.7 Å². The Bertz CT molecular complexity index is 944. The zero-order valence-corrected chi connectivity index (χ0v) is 16.3. The van der Waals surface area contributed by atoms with Gasteiger partial charge in [-0.15, -0.1) is 19.0 Å². The number of hydrogen-bond donors (Lipinski definition) is 1. The first kappa shape index (κ1) is 18.5. The summed E-state index contributed by atoms with van der Waals surface area (Å²) in [6, 6.07) is 4.55. The lowest BCUT2D eigenvalue weighted by Crippen LogP contribution is -2.25. The van der Waals surface area contributed by atoms with Crippen molar-refractivity contribution in [3.8, 4) is 11.5 Å². The van der Waals surface area contributed by atoms with E-state index in [4.69, 9.17) is 0 Å². The number of benzene rings is 1. The van der Waals surface area contributed by atoms with Crippen LogP contribution in [-0.2, 0) is 4.79 Å². The lowest BCUT2D eigenvalue weighted by atomic mass is 10.3. The minimum Gasteiger partial charge on any atom is -0.395 e. The summed E-state index contributed by atoms with van der Waals surface area (Å²) in [5.74, 6) is 0.590. The van der Waals surface area contributed by atoms with Crippen molar-refractivity contribution >= 4 is 29.3 Å². The number of anilines is 2. The van der Waals surface area contributed by atoms with E-state index in [2.05, 4.69) is 34.5 Å². The van der Waals surface area contributed by atoms with Crippen molar-refractivity contribution in [2.24, 2.45) is 0 Å². The molecule has 0 bridgehead atoms. The van der Waals surface area contributed by atoms with Crippen LogP contribution >= 0.6 is 11.8 Å². The van der Waals surface area contributed by atoms with Gasteiger partial charge < -0.3 is 19.7 Å². The summed E-state index contributed by atoms with van der Waals surface area (Å²) in [4.78, 5) is 14.6. The standard InChI is InChI=1S/C18H19F2N5O3S/c19-18(20)27-13-6-3-11(9-14(13)28-18)21-15(26)10-29-17-23-22-16(24-7-1-2-8-24)25(17)12-4-5-12/h3,6,9,12H,1-2,4-5,7-8,10H2,(H,21,26). The molecular weight excluding hydrogens is 404 g/mol. The minimum atomic E-state index is -3.68. The van der Waals surface area contributed by atoms with Crippen LogP contribution in [-0.4, -0.2) is 45.8 Å². The lowest BCUT2D eigenvalue weighted by Gasteiger charge is -2.17. The van der Waals surface area contributed by atoms with E-state index in [-0.39, 0.29) is 23.2 Å². The number of halogens is 2. The van der Waals surface area contributed by atoms with Gasteiger partial charge in [0.1, 0.15) is 0 Å². The summed E-state index contributed by atoms with van der Waals surface area (Å²) < 4.78 is 37.1. The number of aromatic nitrogens is 3. The first-order valence-electron chi connectivity index (χ1n) is 9.51. The quantitative estimate of drug-likeness (QED) is 0.714. The molecule has 1 aromatic carbocycles. The molecule has 1 saturated carbocycles. The number of hydrogen-bond acceptors (Lipinski definition) is 7. The molecule has 1 N–H and O–H groups in total. The van der Waals surface area contributed by atoms with Gasteiger partial charge in [0.05, 0.1) is 5.75 Å². The molecule has 154 valence electrons. The molecule has 2 fully saturated rings. The van der Waals surface area contributed by atoms with Crippen molar-refractivity contribution in [1.29, 1.82) is 0 Å². The third-order valence-corrected chi connectivity index (χ3v) is 5.91. The van der Waals surface area contributed by atoms with Crippen LogP contribution in [0.2, 0.25) is 0 Å². The third-order valence-electron chi connectivity index (χ3n) is 4.96. The van der Waals surface area contributed by atoms with Gasteiger partial charge in [0.2, 0.25) is 11.9 Å². The normalized spacial score (nSPS) is 19.6. The number of rotatable bonds is 6. The Hall–Kier alpha value is -2.56. The topological polar surface area (TPSA) is 81.5 Å². The van der Waals surface area contributed by atoms with Crippen molar-refractivity contribution < 1.29 is 23.0 Å². The van der Waals surface area contributed by atoms with Crippen LogP contribution in [0.3, 0.4) is 0 Å². The monoisotopic (exact) mass is 423 g/mol. The second kappa shape index (κ2) is 7.05. The fourth-order valence-corrected chi connectivity index (χ4v) is 4.31. The van der Waals surface area contributed by atoms with E-state index in [0.717, 1.165) is 49.9 Å². The smallest absolute Gasteiger partial charge is 0.395 e. The van der Waals surface area contributed by atoms with E-state index in [1.54, 1.807) is 0 Å². The number of carbonyl (C=O) groups is 1. The summed E-state index contributed by atoms with van der Waals surface area (Å²) in [5, 5.41) is 12.1. The zero-order chi connectivity index (χ0) is 20.0. The number of thioether (sulfide) groups is 1. The van der Waals surface area contributed by atoms with Gasteiger partial charge in [-0.2, -0.15) is 0 Å². The maximum Gasteiger partial charge on any atom is 0.586 e. The van der Waals surface area contributed by atoms with Crippen molar-refractivity contribution in [2.45, 2.75) is 43.2 Å². The van der Waals surface area contributed by atoms with Crippen molar-refractivity contribution in [1.82, 2.24) is 14.8 Å². The highest BCUT2D eigenvalue weighted by Gasteiger charge is 2.43. The highest BCUT2D eigenvalue weighted by Crippen LogP contribution is 2.43. The Morgan fingerprint density at radius 2 is 1.97 bits per heavy atom. The van der Waals surface area contributed by atoms with E-state index < -0.39 is 6.29 Å². The van der Waals surface area contributed by atoms with E-state index in [1.807, 2.05) is 0 Å². The van der Waals surface area contributed by atoms with E-state index in [0.29, 0.717) is 11.7 Å². The Kier molecular flexibility index (Phi) is 4.49. The largest absolute Gasteiger partial charge is 0.586 e. The Balaban J connectivity index is 1.23. The van der Waals surface area contributed by atoms with Crippen LogP contribution in [0.5, 0.6) is 11.5 Å². The number of nitrogens with zero attached hydrogens (tertiary/aromatic N) is 4. The number of alkyl halides is 2. The predicted octanol–water partition coefficient (Wildman–Crippen LogP) is 3.27. The van der Waals surface area contributed by atoms with Gasteiger partial charge in [0, 0.05) is 30.9 Å². The third kappa shape index (κ3) is 3.83. The molecule has 1 aromatic heterocycles. The predicted molar refractivity (Wildman–Crippen MR) is 102 cm³/mol. The Morgan fingerprint density at radius 1 is 1.21 bits per heavy atom. The molecule has 0 atom stereocenters. The fourth-order valence-electron chi connectivity index (χ4n) is 3.51. The summed E-state index contributed by atoms with van der Waals surface area (Å²) in [7, 11) is 0. The van der Waals surface area contributed by atoms with Gasteiger partial charge in [-0.05, 0) is 37.8 Å². The molecule has 0 spiro atoms. The van der Waals surface area contributed by atoms with Crippen LogP contribution in [0.25, 0.3) is 0 Å². The Morgan fingerprint density at radius 3 is 2.72 bits per heavy atom. The van der Waals surface area contributed by atoms with Crippen LogP contribution in [0.4, 0.5) is 20.4 Å². The molecule has 3 heterocycles. The molecule has 3 aliphatic rings. The van der Waals surface area contributed by atoms with Crippen molar-refractivity contribution in [3.63, 3.8) is 0 Å². The molecule has 0 unspecified atom stereocenters. The molecule has 8 nitrogen and oxygen atoms in total. The van der Waals surface area contributed by atoms with E-state index in [1.165, 1.54) is 30.0 Å².